The minimum Gasteiger partial charge on any atom is -0.442 e. The Bertz CT molecular complexity index is 886. The Labute approximate surface area is 115 Å². The van der Waals surface area contributed by atoms with E-state index >= 15 is 0 Å². The molecule has 4 nitrogen and oxygen atoms in total. The number of hydrogen-bond acceptors (Lipinski definition) is 4. The number of hydrogen-bond donors (Lipinski definition) is 0. The van der Waals surface area contributed by atoms with E-state index in [1.807, 2.05) is 18.2 Å². The molecular formula is C15H10O4S. The third-order valence-electron chi connectivity index (χ3n) is 3.02. The average molecular weight is 286 g/mol. The van der Waals surface area contributed by atoms with Crippen molar-refractivity contribution in [1.29, 1.82) is 0 Å². The average Bonchev–Trinajstić information content (AvgIpc) is 2.96. The summed E-state index contributed by atoms with van der Waals surface area (Å²) >= 11 is 0. The van der Waals surface area contributed by atoms with E-state index in [4.69, 9.17) is 4.42 Å². The number of benzene rings is 2. The van der Waals surface area contributed by atoms with Gasteiger partial charge in [0.2, 0.25) is 14.9 Å². The molecule has 1 aromatic heterocycles. The maximum atomic E-state index is 12.6. The van der Waals surface area contributed by atoms with E-state index in [1.165, 1.54) is 18.2 Å². The lowest BCUT2D eigenvalue weighted by Crippen LogP contribution is -2.01. The van der Waals surface area contributed by atoms with E-state index in [2.05, 4.69) is 0 Å². The Morgan fingerprint density at radius 3 is 2.40 bits per heavy atom. The molecule has 0 N–H and O–H groups in total. The van der Waals surface area contributed by atoms with E-state index in [-0.39, 0.29) is 15.7 Å². The van der Waals surface area contributed by atoms with E-state index in [9.17, 15) is 13.2 Å². The molecule has 0 aliphatic carbocycles. The van der Waals surface area contributed by atoms with Crippen molar-refractivity contribution in [2.45, 2.75) is 9.99 Å². The summed E-state index contributed by atoms with van der Waals surface area (Å²) in [6.45, 7) is 0. The van der Waals surface area contributed by atoms with Crippen LogP contribution in [0.5, 0.6) is 0 Å². The highest BCUT2D eigenvalue weighted by molar-refractivity contribution is 7.91. The molecule has 100 valence electrons. The smallest absolute Gasteiger partial charge is 0.240 e. The second-order valence-corrected chi connectivity index (χ2v) is 6.10. The van der Waals surface area contributed by atoms with Crippen molar-refractivity contribution in [2.75, 3.05) is 0 Å². The molecule has 2 aromatic carbocycles. The zero-order chi connectivity index (χ0) is 14.2. The van der Waals surface area contributed by atoms with Gasteiger partial charge < -0.3 is 4.42 Å². The summed E-state index contributed by atoms with van der Waals surface area (Å²) in [4.78, 5) is 10.8. The van der Waals surface area contributed by atoms with Crippen molar-refractivity contribution < 1.29 is 17.6 Å². The number of carbonyl (C=O) groups is 1. The topological polar surface area (TPSA) is 64.3 Å². The van der Waals surface area contributed by atoms with E-state index in [0.717, 1.165) is 5.39 Å². The maximum Gasteiger partial charge on any atom is 0.240 e. The monoisotopic (exact) mass is 286 g/mol. The Hall–Kier alpha value is -2.40. The van der Waals surface area contributed by atoms with Crippen LogP contribution < -0.4 is 0 Å². The van der Waals surface area contributed by atoms with Crippen LogP contribution in [0.4, 0.5) is 0 Å². The lowest BCUT2D eigenvalue weighted by molar-refractivity contribution is 0.109. The molecule has 0 fully saturated rings. The van der Waals surface area contributed by atoms with Crippen molar-refractivity contribution in [2.24, 2.45) is 0 Å². The number of carbonyl (C=O) groups excluding carboxylic acids is 1. The molecule has 1 heterocycles. The number of aldehydes is 1. The van der Waals surface area contributed by atoms with Crippen LogP contribution >= 0.6 is 0 Å². The van der Waals surface area contributed by atoms with Gasteiger partial charge in [-0.1, -0.05) is 36.4 Å². The van der Waals surface area contributed by atoms with Crippen LogP contribution in [0.3, 0.4) is 0 Å². The summed E-state index contributed by atoms with van der Waals surface area (Å²) in [6.07, 6.45) is 0.474. The van der Waals surface area contributed by atoms with Crippen molar-refractivity contribution in [1.82, 2.24) is 0 Å². The number of furan rings is 1. The molecule has 3 aromatic rings. The molecule has 20 heavy (non-hydrogen) atoms. The summed E-state index contributed by atoms with van der Waals surface area (Å²) in [5, 5.41) is 1.23. The molecular weight excluding hydrogens is 276 g/mol. The molecule has 0 bridgehead atoms. The molecule has 0 aliphatic rings. The van der Waals surface area contributed by atoms with Gasteiger partial charge >= 0.3 is 0 Å². The van der Waals surface area contributed by atoms with Gasteiger partial charge in [0.25, 0.3) is 0 Å². The standard InChI is InChI=1S/C15H10O4S/c16-10-12-8-9-15(19-12)20(17,18)14-7-3-5-11-4-1-2-6-13(11)14/h1-10H. The molecule has 0 amide bonds. The van der Waals surface area contributed by atoms with Gasteiger partial charge in [-0.2, -0.15) is 0 Å². The van der Waals surface area contributed by atoms with Gasteiger partial charge in [-0.3, -0.25) is 4.79 Å². The second kappa shape index (κ2) is 4.61. The quantitative estimate of drug-likeness (QED) is 0.694. The third kappa shape index (κ3) is 1.92. The minimum atomic E-state index is -3.78. The van der Waals surface area contributed by atoms with Crippen LogP contribution in [0, 0.1) is 0 Å². The fourth-order valence-corrected chi connectivity index (χ4v) is 3.48. The Kier molecular flexibility index (Phi) is 2.91. The van der Waals surface area contributed by atoms with Crippen molar-refractivity contribution in [3.05, 3.63) is 60.4 Å². The zero-order valence-corrected chi connectivity index (χ0v) is 11.1. The van der Waals surface area contributed by atoms with Gasteiger partial charge in [0, 0.05) is 5.39 Å². The van der Waals surface area contributed by atoms with Gasteiger partial charge in [0.1, 0.15) is 0 Å². The Morgan fingerprint density at radius 1 is 0.900 bits per heavy atom. The number of rotatable bonds is 3. The first-order chi connectivity index (χ1) is 9.63. The first-order valence-corrected chi connectivity index (χ1v) is 7.39. The maximum absolute atomic E-state index is 12.6. The molecule has 5 heteroatoms. The molecule has 0 radical (unpaired) electrons. The van der Waals surface area contributed by atoms with Crippen LogP contribution in [0.15, 0.2) is 69.0 Å². The van der Waals surface area contributed by atoms with Crippen LogP contribution in [0.1, 0.15) is 10.6 Å². The van der Waals surface area contributed by atoms with Gasteiger partial charge in [-0.15, -0.1) is 0 Å². The first-order valence-electron chi connectivity index (χ1n) is 5.91. The predicted molar refractivity (Wildman–Crippen MR) is 73.5 cm³/mol. The van der Waals surface area contributed by atoms with E-state index in [0.29, 0.717) is 11.7 Å². The van der Waals surface area contributed by atoms with Crippen LogP contribution in [0.25, 0.3) is 10.8 Å². The fourth-order valence-electron chi connectivity index (χ4n) is 2.08. The van der Waals surface area contributed by atoms with Gasteiger partial charge in [0.15, 0.2) is 12.0 Å². The minimum absolute atomic E-state index is 0.0104. The Morgan fingerprint density at radius 2 is 1.65 bits per heavy atom. The van der Waals surface area contributed by atoms with Crippen molar-refractivity contribution in [3.63, 3.8) is 0 Å². The summed E-state index contributed by atoms with van der Waals surface area (Å²) < 4.78 is 30.2. The van der Waals surface area contributed by atoms with Gasteiger partial charge in [-0.05, 0) is 23.6 Å². The predicted octanol–water partition coefficient (Wildman–Crippen LogP) is 3.08. The van der Waals surface area contributed by atoms with Crippen molar-refractivity contribution >= 4 is 26.9 Å². The second-order valence-electron chi connectivity index (χ2n) is 4.26. The largest absolute Gasteiger partial charge is 0.442 e. The van der Waals surface area contributed by atoms with Crippen LogP contribution in [0.2, 0.25) is 0 Å². The number of fused-ring (bicyclic) bond motifs is 1. The Balaban J connectivity index is 2.26. The highest BCUT2D eigenvalue weighted by Crippen LogP contribution is 2.28. The zero-order valence-electron chi connectivity index (χ0n) is 10.3. The molecule has 0 atom stereocenters. The third-order valence-corrected chi connectivity index (χ3v) is 4.71. The van der Waals surface area contributed by atoms with E-state index in [1.54, 1.807) is 18.2 Å². The first kappa shape index (κ1) is 12.6. The van der Waals surface area contributed by atoms with Crippen molar-refractivity contribution in [3.8, 4) is 0 Å². The molecule has 0 unspecified atom stereocenters. The summed E-state index contributed by atoms with van der Waals surface area (Å²) in [5.41, 5.74) is 0. The van der Waals surface area contributed by atoms with Gasteiger partial charge in [0.05, 0.1) is 4.90 Å². The summed E-state index contributed by atoms with van der Waals surface area (Å²) in [7, 11) is -3.78. The van der Waals surface area contributed by atoms with Crippen LogP contribution in [-0.2, 0) is 9.84 Å². The summed E-state index contributed by atoms with van der Waals surface area (Å²) in [6, 6.07) is 14.9. The molecule has 0 spiro atoms. The highest BCUT2D eigenvalue weighted by atomic mass is 32.2. The molecule has 3 rings (SSSR count). The van der Waals surface area contributed by atoms with E-state index < -0.39 is 9.84 Å². The van der Waals surface area contributed by atoms with Crippen LogP contribution in [-0.4, -0.2) is 14.7 Å². The van der Waals surface area contributed by atoms with Gasteiger partial charge in [-0.25, -0.2) is 8.42 Å². The molecule has 0 aliphatic heterocycles. The molecule has 0 saturated heterocycles. The lowest BCUT2D eigenvalue weighted by atomic mass is 10.1. The highest BCUT2D eigenvalue weighted by Gasteiger charge is 2.23. The fraction of sp³-hybridized carbons (Fsp3) is 0. The summed E-state index contributed by atoms with van der Waals surface area (Å²) in [5.74, 6) is -0.0104. The normalized spacial score (nSPS) is 11.6. The SMILES string of the molecule is O=Cc1ccc(S(=O)(=O)c2cccc3ccccc23)o1. The molecule has 0 saturated carbocycles. The number of sulfone groups is 1. The lowest BCUT2D eigenvalue weighted by Gasteiger charge is -2.05.